The molecule has 0 unspecified atom stereocenters. The zero-order valence-corrected chi connectivity index (χ0v) is 15.2. The quantitative estimate of drug-likeness (QED) is 0.911. The first-order valence-electron chi connectivity index (χ1n) is 8.59. The van der Waals surface area contributed by atoms with Crippen LogP contribution in [0.2, 0.25) is 0 Å². The van der Waals surface area contributed by atoms with Crippen LogP contribution in [0.25, 0.3) is 0 Å². The van der Waals surface area contributed by atoms with Gasteiger partial charge in [0.25, 0.3) is 5.91 Å². The van der Waals surface area contributed by atoms with Crippen LogP contribution >= 0.6 is 0 Å². The molecule has 6 heteroatoms. The zero-order valence-electron chi connectivity index (χ0n) is 15.2. The Hall–Kier alpha value is -2.73. The van der Waals surface area contributed by atoms with Gasteiger partial charge in [-0.25, -0.2) is 0 Å². The van der Waals surface area contributed by atoms with Crippen molar-refractivity contribution in [1.29, 1.82) is 0 Å². The van der Waals surface area contributed by atoms with Crippen LogP contribution in [0.4, 0.5) is 0 Å². The second kappa shape index (κ2) is 7.66. The minimum absolute atomic E-state index is 0.0920. The average molecular weight is 353 g/mol. The summed E-state index contributed by atoms with van der Waals surface area (Å²) in [5, 5.41) is 2.93. The lowest BCUT2D eigenvalue weighted by Gasteiger charge is -2.39. The van der Waals surface area contributed by atoms with Crippen molar-refractivity contribution in [3.8, 4) is 0 Å². The Kier molecular flexibility index (Phi) is 5.32. The topological polar surface area (TPSA) is 71.5 Å². The third-order valence-electron chi connectivity index (χ3n) is 4.84. The number of hydrogen-bond donors (Lipinski definition) is 1. The molecule has 0 radical (unpaired) electrons. The zero-order chi connectivity index (χ0) is 18.7. The maximum atomic E-state index is 12.8. The van der Waals surface area contributed by atoms with Gasteiger partial charge in [0, 0.05) is 26.0 Å². The van der Waals surface area contributed by atoms with Gasteiger partial charge in [0.1, 0.15) is 6.61 Å². The lowest BCUT2D eigenvalue weighted by Crippen LogP contribution is -2.53. The first-order chi connectivity index (χ1) is 12.5. The Balaban J connectivity index is 1.81. The molecule has 0 spiro atoms. The van der Waals surface area contributed by atoms with Crippen LogP contribution in [0.3, 0.4) is 0 Å². The molecule has 26 heavy (non-hydrogen) atoms. The van der Waals surface area contributed by atoms with Crippen LogP contribution in [0, 0.1) is 13.8 Å². The second-order valence-corrected chi connectivity index (χ2v) is 6.56. The number of aryl methyl sites for hydroxylation is 2. The number of hydrogen-bond acceptors (Lipinski definition) is 4. The molecular weight excluding hydrogens is 330 g/mol. The molecule has 0 saturated carbocycles. The third kappa shape index (κ3) is 3.60. The largest absolute Gasteiger partial charge is 0.356 e. The van der Waals surface area contributed by atoms with Gasteiger partial charge < -0.3 is 15.0 Å². The highest BCUT2D eigenvalue weighted by Crippen LogP contribution is 2.31. The molecule has 1 aromatic heterocycles. The van der Waals surface area contributed by atoms with Crippen molar-refractivity contribution in [1.82, 2.24) is 15.2 Å². The smallest absolute Gasteiger partial charge is 0.251 e. The number of rotatable bonds is 4. The van der Waals surface area contributed by atoms with Crippen molar-refractivity contribution in [3.05, 3.63) is 65.0 Å². The SMILES string of the molecule is Cc1cnccc1CNC(=O)[C@H]1OCC(=O)N(C)[C@@H]1c1ccccc1C. The monoisotopic (exact) mass is 353 g/mol. The number of amides is 2. The number of aromatic nitrogens is 1. The number of nitrogens with one attached hydrogen (secondary N) is 1. The molecule has 1 N–H and O–H groups in total. The maximum Gasteiger partial charge on any atom is 0.251 e. The van der Waals surface area contributed by atoms with Crippen molar-refractivity contribution in [3.63, 3.8) is 0 Å². The van der Waals surface area contributed by atoms with Gasteiger partial charge in [-0.2, -0.15) is 0 Å². The van der Waals surface area contributed by atoms with Crippen molar-refractivity contribution in [2.24, 2.45) is 0 Å². The van der Waals surface area contributed by atoms with Gasteiger partial charge in [-0.05, 0) is 42.2 Å². The number of likely N-dealkylation sites (N-methyl/N-ethyl adjacent to an activating group) is 1. The third-order valence-corrected chi connectivity index (χ3v) is 4.84. The Morgan fingerprint density at radius 2 is 2.04 bits per heavy atom. The summed E-state index contributed by atoms with van der Waals surface area (Å²) >= 11 is 0. The van der Waals surface area contributed by atoms with Gasteiger partial charge in [-0.3, -0.25) is 14.6 Å². The van der Waals surface area contributed by atoms with Gasteiger partial charge in [-0.15, -0.1) is 0 Å². The standard InChI is InChI=1S/C20H23N3O3/c1-13-6-4-5-7-16(13)18-19(26-12-17(24)23(18)3)20(25)22-11-15-8-9-21-10-14(15)2/h4-10,18-19H,11-12H2,1-3H3,(H,22,25)/t18-,19+/m1/s1. The lowest BCUT2D eigenvalue weighted by molar-refractivity contribution is -0.162. The molecule has 136 valence electrons. The molecule has 1 aliphatic rings. The Morgan fingerprint density at radius 3 is 2.77 bits per heavy atom. The van der Waals surface area contributed by atoms with Gasteiger partial charge >= 0.3 is 0 Å². The van der Waals surface area contributed by atoms with E-state index in [4.69, 9.17) is 4.74 Å². The minimum Gasteiger partial charge on any atom is -0.356 e. The molecular formula is C20H23N3O3. The summed E-state index contributed by atoms with van der Waals surface area (Å²) < 4.78 is 5.65. The molecule has 1 saturated heterocycles. The van der Waals surface area contributed by atoms with Gasteiger partial charge in [-0.1, -0.05) is 24.3 Å². The molecule has 1 aliphatic heterocycles. The van der Waals surface area contributed by atoms with Crippen molar-refractivity contribution >= 4 is 11.8 Å². The van der Waals surface area contributed by atoms with E-state index in [0.717, 1.165) is 22.3 Å². The molecule has 0 aliphatic carbocycles. The van der Waals surface area contributed by atoms with Gasteiger partial charge in [0.15, 0.2) is 6.10 Å². The maximum absolute atomic E-state index is 12.8. The summed E-state index contributed by atoms with van der Waals surface area (Å²) in [6.07, 6.45) is 2.72. The van der Waals surface area contributed by atoms with Gasteiger partial charge in [0.2, 0.25) is 5.91 Å². The summed E-state index contributed by atoms with van der Waals surface area (Å²) in [6, 6.07) is 9.18. The number of carbonyl (C=O) groups is 2. The lowest BCUT2D eigenvalue weighted by atomic mass is 9.94. The summed E-state index contributed by atoms with van der Waals surface area (Å²) in [5.41, 5.74) is 3.95. The van der Waals surface area contributed by atoms with Crippen molar-refractivity contribution < 1.29 is 14.3 Å². The Morgan fingerprint density at radius 1 is 1.27 bits per heavy atom. The van der Waals surface area contributed by atoms with E-state index in [-0.39, 0.29) is 18.4 Å². The number of pyridine rings is 1. The summed E-state index contributed by atoms with van der Waals surface area (Å²) in [7, 11) is 1.72. The van der Waals surface area contributed by atoms with E-state index in [0.29, 0.717) is 6.54 Å². The van der Waals surface area contributed by atoms with E-state index in [1.807, 2.05) is 44.2 Å². The van der Waals surface area contributed by atoms with Crippen LogP contribution in [0.1, 0.15) is 28.3 Å². The fourth-order valence-corrected chi connectivity index (χ4v) is 3.21. The molecule has 6 nitrogen and oxygen atoms in total. The number of morpholine rings is 1. The minimum atomic E-state index is -0.749. The molecule has 0 bridgehead atoms. The van der Waals surface area contributed by atoms with Crippen LogP contribution in [-0.4, -0.2) is 41.5 Å². The van der Waals surface area contributed by atoms with Crippen molar-refractivity contribution in [2.45, 2.75) is 32.5 Å². The fraction of sp³-hybridized carbons (Fsp3) is 0.350. The summed E-state index contributed by atoms with van der Waals surface area (Å²) in [5.74, 6) is -0.360. The van der Waals surface area contributed by atoms with E-state index < -0.39 is 12.1 Å². The van der Waals surface area contributed by atoms with E-state index in [9.17, 15) is 9.59 Å². The summed E-state index contributed by atoms with van der Waals surface area (Å²) in [6.45, 7) is 4.22. The number of ether oxygens (including phenoxy) is 1. The van der Waals surface area contributed by atoms with Crippen LogP contribution < -0.4 is 5.32 Å². The average Bonchev–Trinajstić information content (AvgIpc) is 2.64. The molecule has 2 aromatic rings. The highest BCUT2D eigenvalue weighted by Gasteiger charge is 2.40. The Labute approximate surface area is 153 Å². The first-order valence-corrected chi connectivity index (χ1v) is 8.59. The highest BCUT2D eigenvalue weighted by molar-refractivity contribution is 5.86. The highest BCUT2D eigenvalue weighted by atomic mass is 16.5. The van der Waals surface area contributed by atoms with Crippen LogP contribution in [-0.2, 0) is 20.9 Å². The molecule has 2 atom stereocenters. The molecule has 2 amide bonds. The molecule has 2 heterocycles. The molecule has 1 aromatic carbocycles. The van der Waals surface area contributed by atoms with Crippen LogP contribution in [0.15, 0.2) is 42.7 Å². The predicted molar refractivity (Wildman–Crippen MR) is 97.3 cm³/mol. The van der Waals surface area contributed by atoms with E-state index in [1.165, 1.54) is 0 Å². The predicted octanol–water partition coefficient (Wildman–Crippen LogP) is 1.91. The Bertz CT molecular complexity index is 821. The summed E-state index contributed by atoms with van der Waals surface area (Å²) in [4.78, 5) is 30.6. The number of carbonyl (C=O) groups excluding carboxylic acids is 2. The second-order valence-electron chi connectivity index (χ2n) is 6.56. The van der Waals surface area contributed by atoms with E-state index in [1.54, 1.807) is 24.3 Å². The van der Waals surface area contributed by atoms with Gasteiger partial charge in [0.05, 0.1) is 6.04 Å². The fourth-order valence-electron chi connectivity index (χ4n) is 3.21. The molecule has 1 fully saturated rings. The van der Waals surface area contributed by atoms with Crippen molar-refractivity contribution in [2.75, 3.05) is 13.7 Å². The normalized spacial score (nSPS) is 20.1. The molecule has 3 rings (SSSR count). The number of benzene rings is 1. The number of nitrogens with zero attached hydrogens (tertiary/aromatic N) is 2. The van der Waals surface area contributed by atoms with E-state index >= 15 is 0 Å². The van der Waals surface area contributed by atoms with Crippen LogP contribution in [0.5, 0.6) is 0 Å². The first kappa shape index (κ1) is 18.1. The van der Waals surface area contributed by atoms with E-state index in [2.05, 4.69) is 10.3 Å².